The van der Waals surface area contributed by atoms with Crippen LogP contribution in [-0.4, -0.2) is 31.8 Å². The van der Waals surface area contributed by atoms with Gasteiger partial charge in [0.2, 0.25) is 0 Å². The average molecular weight is 200 g/mol. The van der Waals surface area contributed by atoms with E-state index in [-0.39, 0.29) is 0 Å². The van der Waals surface area contributed by atoms with Crippen molar-refractivity contribution in [2.24, 2.45) is 0 Å². The van der Waals surface area contributed by atoms with Gasteiger partial charge in [0.15, 0.2) is 0 Å². The SMILES string of the molecule is CNCCOCCc1scnc1C. The maximum Gasteiger partial charge on any atom is 0.0797 e. The number of thiazole rings is 1. The van der Waals surface area contributed by atoms with Gasteiger partial charge in [-0.05, 0) is 14.0 Å². The Labute approximate surface area is 83.1 Å². The average Bonchev–Trinajstić information content (AvgIpc) is 2.52. The summed E-state index contributed by atoms with van der Waals surface area (Å²) in [4.78, 5) is 5.52. The number of aromatic nitrogens is 1. The minimum atomic E-state index is 0.786. The van der Waals surface area contributed by atoms with E-state index in [1.54, 1.807) is 11.3 Å². The van der Waals surface area contributed by atoms with Crippen LogP contribution in [0.4, 0.5) is 0 Å². The van der Waals surface area contributed by atoms with Crippen LogP contribution < -0.4 is 5.32 Å². The van der Waals surface area contributed by atoms with Crippen molar-refractivity contribution in [2.75, 3.05) is 26.8 Å². The first-order valence-corrected chi connectivity index (χ1v) is 5.34. The lowest BCUT2D eigenvalue weighted by Gasteiger charge is -2.02. The van der Waals surface area contributed by atoms with Crippen LogP contribution in [0.25, 0.3) is 0 Å². The Morgan fingerprint density at radius 2 is 2.38 bits per heavy atom. The standard InChI is InChI=1S/C9H16N2OS/c1-8-9(13-7-11-8)3-5-12-6-4-10-2/h7,10H,3-6H2,1-2H3. The van der Waals surface area contributed by atoms with Crippen molar-refractivity contribution in [1.29, 1.82) is 0 Å². The molecule has 0 amide bonds. The van der Waals surface area contributed by atoms with Gasteiger partial charge in [-0.1, -0.05) is 0 Å². The number of hydrogen-bond acceptors (Lipinski definition) is 4. The van der Waals surface area contributed by atoms with Crippen molar-refractivity contribution in [3.8, 4) is 0 Å². The molecule has 0 bridgehead atoms. The molecule has 1 heterocycles. The monoisotopic (exact) mass is 200 g/mol. The summed E-state index contributed by atoms with van der Waals surface area (Å²) in [6.07, 6.45) is 0.986. The maximum absolute atomic E-state index is 5.42. The van der Waals surface area contributed by atoms with Gasteiger partial charge in [-0.15, -0.1) is 11.3 Å². The minimum absolute atomic E-state index is 0.786. The Hall–Kier alpha value is -0.450. The number of rotatable bonds is 6. The van der Waals surface area contributed by atoms with E-state index >= 15 is 0 Å². The van der Waals surface area contributed by atoms with Crippen LogP contribution in [0, 0.1) is 6.92 Å². The van der Waals surface area contributed by atoms with Crippen molar-refractivity contribution in [3.63, 3.8) is 0 Å². The van der Waals surface area contributed by atoms with Crippen LogP contribution in [0.2, 0.25) is 0 Å². The molecular weight excluding hydrogens is 184 g/mol. The first kappa shape index (κ1) is 10.6. The molecule has 4 heteroatoms. The topological polar surface area (TPSA) is 34.1 Å². The van der Waals surface area contributed by atoms with Crippen molar-refractivity contribution >= 4 is 11.3 Å². The summed E-state index contributed by atoms with van der Waals surface area (Å²) < 4.78 is 5.42. The van der Waals surface area contributed by atoms with Gasteiger partial charge in [-0.25, -0.2) is 4.98 Å². The molecule has 1 N–H and O–H groups in total. The van der Waals surface area contributed by atoms with Crippen molar-refractivity contribution < 1.29 is 4.74 Å². The third-order valence-electron chi connectivity index (χ3n) is 1.81. The second-order valence-electron chi connectivity index (χ2n) is 2.83. The van der Waals surface area contributed by atoms with Gasteiger partial charge in [0.05, 0.1) is 24.4 Å². The van der Waals surface area contributed by atoms with Crippen molar-refractivity contribution in [1.82, 2.24) is 10.3 Å². The van der Waals surface area contributed by atoms with Crippen LogP contribution in [0.1, 0.15) is 10.6 Å². The Balaban J connectivity index is 2.10. The summed E-state index contributed by atoms with van der Waals surface area (Å²) in [6, 6.07) is 0. The lowest BCUT2D eigenvalue weighted by molar-refractivity contribution is 0.140. The van der Waals surface area contributed by atoms with Crippen LogP contribution >= 0.6 is 11.3 Å². The molecule has 0 saturated heterocycles. The molecule has 0 aliphatic carbocycles. The number of likely N-dealkylation sites (N-methyl/N-ethyl adjacent to an activating group) is 1. The molecule has 0 fully saturated rings. The molecule has 74 valence electrons. The van der Waals surface area contributed by atoms with Gasteiger partial charge in [-0.2, -0.15) is 0 Å². The predicted octanol–water partition coefficient (Wildman–Crippen LogP) is 1.23. The van der Waals surface area contributed by atoms with E-state index < -0.39 is 0 Å². The third kappa shape index (κ3) is 3.85. The highest BCUT2D eigenvalue weighted by Crippen LogP contribution is 2.12. The van der Waals surface area contributed by atoms with Gasteiger partial charge < -0.3 is 10.1 Å². The quantitative estimate of drug-likeness (QED) is 0.701. The summed E-state index contributed by atoms with van der Waals surface area (Å²) in [5.41, 5.74) is 3.03. The van der Waals surface area contributed by atoms with Crippen LogP contribution in [0.5, 0.6) is 0 Å². The number of nitrogens with zero attached hydrogens (tertiary/aromatic N) is 1. The predicted molar refractivity (Wildman–Crippen MR) is 55.3 cm³/mol. The number of hydrogen-bond donors (Lipinski definition) is 1. The van der Waals surface area contributed by atoms with Crippen LogP contribution in [0.3, 0.4) is 0 Å². The molecular formula is C9H16N2OS. The van der Waals surface area contributed by atoms with Gasteiger partial charge in [-0.3, -0.25) is 0 Å². The first-order valence-electron chi connectivity index (χ1n) is 4.46. The van der Waals surface area contributed by atoms with Gasteiger partial charge >= 0.3 is 0 Å². The van der Waals surface area contributed by atoms with Crippen molar-refractivity contribution in [2.45, 2.75) is 13.3 Å². The Bertz CT molecular complexity index is 237. The number of nitrogens with one attached hydrogen (secondary N) is 1. The van der Waals surface area contributed by atoms with E-state index in [0.717, 1.165) is 31.9 Å². The Kier molecular flexibility index (Phi) is 4.97. The zero-order valence-electron chi connectivity index (χ0n) is 8.17. The summed E-state index contributed by atoms with van der Waals surface area (Å²) in [5, 5.41) is 3.04. The molecule has 0 unspecified atom stereocenters. The highest BCUT2D eigenvalue weighted by molar-refractivity contribution is 7.09. The number of ether oxygens (including phenoxy) is 1. The molecule has 13 heavy (non-hydrogen) atoms. The van der Waals surface area contributed by atoms with Crippen LogP contribution in [-0.2, 0) is 11.2 Å². The molecule has 0 atom stereocenters. The van der Waals surface area contributed by atoms with E-state index in [2.05, 4.69) is 10.3 Å². The fourth-order valence-corrected chi connectivity index (χ4v) is 1.77. The fraction of sp³-hybridized carbons (Fsp3) is 0.667. The van der Waals surface area contributed by atoms with E-state index in [4.69, 9.17) is 4.74 Å². The Morgan fingerprint density at radius 1 is 1.54 bits per heavy atom. The third-order valence-corrected chi connectivity index (χ3v) is 2.81. The zero-order valence-corrected chi connectivity index (χ0v) is 8.99. The molecule has 0 aliphatic rings. The number of aryl methyl sites for hydroxylation is 1. The molecule has 1 aromatic rings. The molecule has 0 spiro atoms. The van der Waals surface area contributed by atoms with E-state index in [9.17, 15) is 0 Å². The maximum atomic E-state index is 5.42. The van der Waals surface area contributed by atoms with Gasteiger partial charge in [0.1, 0.15) is 0 Å². The fourth-order valence-electron chi connectivity index (χ4n) is 1.01. The van der Waals surface area contributed by atoms with Crippen molar-refractivity contribution in [3.05, 3.63) is 16.1 Å². The largest absolute Gasteiger partial charge is 0.380 e. The summed E-state index contributed by atoms with van der Waals surface area (Å²) >= 11 is 1.71. The molecule has 0 aliphatic heterocycles. The second-order valence-corrected chi connectivity index (χ2v) is 3.77. The normalized spacial score (nSPS) is 10.6. The van der Waals surface area contributed by atoms with E-state index in [1.807, 2.05) is 19.5 Å². The molecule has 0 radical (unpaired) electrons. The van der Waals surface area contributed by atoms with E-state index in [0.29, 0.717) is 0 Å². The molecule has 1 rings (SSSR count). The minimum Gasteiger partial charge on any atom is -0.380 e. The molecule has 1 aromatic heterocycles. The van der Waals surface area contributed by atoms with E-state index in [1.165, 1.54) is 4.88 Å². The lowest BCUT2D eigenvalue weighted by Crippen LogP contribution is -2.15. The second kappa shape index (κ2) is 6.07. The summed E-state index contributed by atoms with van der Waals surface area (Å²) in [7, 11) is 1.93. The lowest BCUT2D eigenvalue weighted by atomic mass is 10.3. The molecule has 0 aromatic carbocycles. The molecule has 3 nitrogen and oxygen atoms in total. The highest BCUT2D eigenvalue weighted by atomic mass is 32.1. The summed E-state index contributed by atoms with van der Waals surface area (Å²) in [5.74, 6) is 0. The van der Waals surface area contributed by atoms with Gasteiger partial charge in [0, 0.05) is 17.8 Å². The van der Waals surface area contributed by atoms with Gasteiger partial charge in [0.25, 0.3) is 0 Å². The highest BCUT2D eigenvalue weighted by Gasteiger charge is 1.99. The Morgan fingerprint density at radius 3 is 3.00 bits per heavy atom. The first-order chi connectivity index (χ1) is 6.34. The molecule has 0 saturated carbocycles. The van der Waals surface area contributed by atoms with Crippen LogP contribution in [0.15, 0.2) is 5.51 Å². The smallest absolute Gasteiger partial charge is 0.0797 e. The summed E-state index contributed by atoms with van der Waals surface area (Å²) in [6.45, 7) is 4.54. The zero-order chi connectivity index (χ0) is 9.52.